The highest BCUT2D eigenvalue weighted by molar-refractivity contribution is 5.38. The van der Waals surface area contributed by atoms with Gasteiger partial charge in [0.1, 0.15) is 0 Å². The molecule has 0 aromatic carbocycles. The first-order chi connectivity index (χ1) is 14.5. The molecule has 0 aromatic heterocycles. The maximum atomic E-state index is 10.7. The average molecular weight is 431 g/mol. The quantitative estimate of drug-likeness (QED) is 0.488. The third kappa shape index (κ3) is 5.20. The summed E-state index contributed by atoms with van der Waals surface area (Å²) in [7, 11) is 0. The summed E-state index contributed by atoms with van der Waals surface area (Å²) in [5, 5.41) is 30.9. The third-order valence-electron chi connectivity index (χ3n) is 9.34. The maximum absolute atomic E-state index is 10.7. The van der Waals surface area contributed by atoms with Crippen molar-refractivity contribution in [1.29, 1.82) is 0 Å². The zero-order valence-electron chi connectivity index (χ0n) is 20.5. The van der Waals surface area contributed by atoms with Gasteiger partial charge < -0.3 is 15.3 Å². The summed E-state index contributed by atoms with van der Waals surface area (Å²) in [5.74, 6) is 2.25. The van der Waals surface area contributed by atoms with Gasteiger partial charge in [0.05, 0.1) is 17.8 Å². The van der Waals surface area contributed by atoms with Gasteiger partial charge in [-0.3, -0.25) is 0 Å². The van der Waals surface area contributed by atoms with E-state index in [4.69, 9.17) is 0 Å². The molecular formula is C28H46O3. The van der Waals surface area contributed by atoms with E-state index in [-0.39, 0.29) is 5.92 Å². The van der Waals surface area contributed by atoms with E-state index in [1.807, 2.05) is 6.92 Å². The average Bonchev–Trinajstić information content (AvgIpc) is 3.05. The van der Waals surface area contributed by atoms with E-state index in [1.165, 1.54) is 25.7 Å². The van der Waals surface area contributed by atoms with Crippen LogP contribution in [0, 0.1) is 29.1 Å². The largest absolute Gasteiger partial charge is 0.393 e. The van der Waals surface area contributed by atoms with Crippen molar-refractivity contribution in [2.24, 2.45) is 29.1 Å². The fourth-order valence-corrected chi connectivity index (χ4v) is 6.69. The molecule has 3 heteroatoms. The molecule has 31 heavy (non-hydrogen) atoms. The van der Waals surface area contributed by atoms with Crippen molar-refractivity contribution in [2.45, 2.75) is 110 Å². The number of hydrogen-bond acceptors (Lipinski definition) is 3. The van der Waals surface area contributed by atoms with Crippen LogP contribution in [0.15, 0.2) is 35.5 Å². The standard InChI is InChI=1S/C28H46O3/c1-18(2)28(6,31)15-13-19(3)24-11-12-25-21(8-7-14-27(24,25)5)9-10-22-16-23(29)17-26(30)20(22)4/h9-10,18-19,23-26,29-31H,4,7-8,11-17H2,1-3,5-6H3/b21-9+,22-10-/t19-,23+,24?,25+,26+,27-,28?/m1/s1. The summed E-state index contributed by atoms with van der Waals surface area (Å²) in [6.45, 7) is 15.2. The molecule has 3 nitrogen and oxygen atoms in total. The number of aliphatic hydroxyl groups excluding tert-OH is 2. The molecule has 7 atom stereocenters. The Morgan fingerprint density at radius 3 is 2.58 bits per heavy atom. The number of allylic oxidation sites excluding steroid dienone is 3. The molecule has 0 saturated heterocycles. The highest BCUT2D eigenvalue weighted by Crippen LogP contribution is 2.60. The molecule has 3 aliphatic carbocycles. The van der Waals surface area contributed by atoms with E-state index in [2.05, 4.69) is 46.4 Å². The van der Waals surface area contributed by atoms with E-state index in [9.17, 15) is 15.3 Å². The molecule has 0 aromatic rings. The number of aliphatic hydroxyl groups is 3. The van der Waals surface area contributed by atoms with Crippen LogP contribution in [0.1, 0.15) is 92.4 Å². The molecule has 3 N–H and O–H groups in total. The Hall–Kier alpha value is -0.900. The Bertz CT molecular complexity index is 716. The van der Waals surface area contributed by atoms with Crippen molar-refractivity contribution < 1.29 is 15.3 Å². The van der Waals surface area contributed by atoms with Gasteiger partial charge in [-0.25, -0.2) is 0 Å². The lowest BCUT2D eigenvalue weighted by molar-refractivity contribution is -0.00642. The lowest BCUT2D eigenvalue weighted by Gasteiger charge is -2.45. The highest BCUT2D eigenvalue weighted by Gasteiger charge is 2.50. The lowest BCUT2D eigenvalue weighted by atomic mass is 9.60. The van der Waals surface area contributed by atoms with Crippen LogP contribution in [0.25, 0.3) is 0 Å². The molecule has 3 fully saturated rings. The van der Waals surface area contributed by atoms with Gasteiger partial charge in [-0.1, -0.05) is 52.0 Å². The van der Waals surface area contributed by atoms with Crippen LogP contribution >= 0.6 is 0 Å². The van der Waals surface area contributed by atoms with Crippen LogP contribution in [0.5, 0.6) is 0 Å². The van der Waals surface area contributed by atoms with Crippen LogP contribution in [0.2, 0.25) is 0 Å². The van der Waals surface area contributed by atoms with Gasteiger partial charge in [-0.2, -0.15) is 0 Å². The Morgan fingerprint density at radius 2 is 1.90 bits per heavy atom. The van der Waals surface area contributed by atoms with E-state index in [1.54, 1.807) is 5.57 Å². The first-order valence-electron chi connectivity index (χ1n) is 12.6. The van der Waals surface area contributed by atoms with Gasteiger partial charge in [0.15, 0.2) is 0 Å². The summed E-state index contributed by atoms with van der Waals surface area (Å²) in [6, 6.07) is 0. The van der Waals surface area contributed by atoms with Crippen molar-refractivity contribution in [1.82, 2.24) is 0 Å². The molecule has 0 aliphatic heterocycles. The van der Waals surface area contributed by atoms with Crippen molar-refractivity contribution in [3.8, 4) is 0 Å². The minimum absolute atomic E-state index is 0.287. The Labute approximate surface area is 190 Å². The van der Waals surface area contributed by atoms with Crippen molar-refractivity contribution in [2.75, 3.05) is 0 Å². The summed E-state index contributed by atoms with van der Waals surface area (Å²) in [4.78, 5) is 0. The predicted molar refractivity (Wildman–Crippen MR) is 129 cm³/mol. The number of hydrogen-bond donors (Lipinski definition) is 3. The highest BCUT2D eigenvalue weighted by atomic mass is 16.3. The Balaban J connectivity index is 1.73. The summed E-state index contributed by atoms with van der Waals surface area (Å²) in [5.41, 5.74) is 3.09. The first-order valence-corrected chi connectivity index (χ1v) is 12.6. The van der Waals surface area contributed by atoms with Crippen LogP contribution in [-0.4, -0.2) is 33.1 Å². The summed E-state index contributed by atoms with van der Waals surface area (Å²) in [6.07, 6.45) is 12.5. The fraction of sp³-hybridized carbons (Fsp3) is 0.786. The minimum atomic E-state index is -0.621. The predicted octanol–water partition coefficient (Wildman–Crippen LogP) is 5.95. The van der Waals surface area contributed by atoms with Gasteiger partial charge >= 0.3 is 0 Å². The van der Waals surface area contributed by atoms with Gasteiger partial charge in [0.2, 0.25) is 0 Å². The zero-order valence-corrected chi connectivity index (χ0v) is 20.5. The van der Waals surface area contributed by atoms with Crippen LogP contribution in [0.4, 0.5) is 0 Å². The second-order valence-electron chi connectivity index (χ2n) is 11.7. The monoisotopic (exact) mass is 430 g/mol. The molecule has 3 aliphatic rings. The van der Waals surface area contributed by atoms with Gasteiger partial charge in [0.25, 0.3) is 0 Å². The van der Waals surface area contributed by atoms with Gasteiger partial charge in [0, 0.05) is 6.42 Å². The number of rotatable bonds is 6. The Kier molecular flexibility index (Phi) is 7.61. The molecule has 2 unspecified atom stereocenters. The fourth-order valence-electron chi connectivity index (χ4n) is 6.69. The normalized spacial score (nSPS) is 39.7. The first kappa shape index (κ1) is 24.7. The lowest BCUT2D eigenvalue weighted by Crippen LogP contribution is -2.37. The topological polar surface area (TPSA) is 60.7 Å². The van der Waals surface area contributed by atoms with E-state index in [0.717, 1.165) is 30.4 Å². The van der Waals surface area contributed by atoms with E-state index in [0.29, 0.717) is 36.0 Å². The van der Waals surface area contributed by atoms with Crippen molar-refractivity contribution in [3.63, 3.8) is 0 Å². The second kappa shape index (κ2) is 9.53. The molecule has 176 valence electrons. The summed E-state index contributed by atoms with van der Waals surface area (Å²) >= 11 is 0. The van der Waals surface area contributed by atoms with Gasteiger partial charge in [-0.15, -0.1) is 0 Å². The molecule has 0 spiro atoms. The molecule has 0 heterocycles. The molecule has 3 saturated carbocycles. The van der Waals surface area contributed by atoms with E-state index >= 15 is 0 Å². The van der Waals surface area contributed by atoms with Crippen molar-refractivity contribution in [3.05, 3.63) is 35.5 Å². The number of fused-ring (bicyclic) bond motifs is 1. The maximum Gasteiger partial charge on any atom is 0.0811 e. The van der Waals surface area contributed by atoms with Crippen LogP contribution < -0.4 is 0 Å². The second-order valence-corrected chi connectivity index (χ2v) is 11.7. The molecule has 0 radical (unpaired) electrons. The molecule has 3 rings (SSSR count). The van der Waals surface area contributed by atoms with Crippen LogP contribution in [-0.2, 0) is 0 Å². The SMILES string of the molecule is C=C1/C(=C\C=C2/CCC[C@]3(C)C([C@H](C)CCC(C)(O)C(C)C)CC[C@@H]23)C[C@H](O)C[C@@H]1O. The van der Waals surface area contributed by atoms with Crippen LogP contribution in [0.3, 0.4) is 0 Å². The molecule has 0 bridgehead atoms. The molecular weight excluding hydrogens is 384 g/mol. The third-order valence-corrected chi connectivity index (χ3v) is 9.34. The molecule has 0 amide bonds. The van der Waals surface area contributed by atoms with E-state index < -0.39 is 17.8 Å². The Morgan fingerprint density at radius 1 is 1.19 bits per heavy atom. The van der Waals surface area contributed by atoms with Crippen molar-refractivity contribution >= 4 is 0 Å². The zero-order chi connectivity index (χ0) is 23.0. The summed E-state index contributed by atoms with van der Waals surface area (Å²) < 4.78 is 0. The van der Waals surface area contributed by atoms with Gasteiger partial charge in [-0.05, 0) is 98.5 Å². The minimum Gasteiger partial charge on any atom is -0.393 e. The smallest absolute Gasteiger partial charge is 0.0811 e.